The molecule has 8 fully saturated rings. The van der Waals surface area contributed by atoms with Gasteiger partial charge in [-0.3, -0.25) is 23.7 Å². The first-order valence-corrected chi connectivity index (χ1v) is 20.8. The molecule has 0 saturated heterocycles. The Morgan fingerprint density at radius 1 is 0.750 bits per heavy atom. The molecule has 8 aliphatic carbocycles. The molecule has 0 aromatic carbocycles. The van der Waals surface area contributed by atoms with E-state index >= 15 is 0 Å². The van der Waals surface area contributed by atoms with Crippen LogP contribution in [-0.2, 0) is 53.5 Å². The Balaban J connectivity index is -0.000000770. The number of hydrogen-bond acceptors (Lipinski definition) is 16. The molecule has 8 aliphatic rings. The molecule has 336 valence electrons. The van der Waals surface area contributed by atoms with Gasteiger partial charge in [-0.1, -0.05) is 0 Å². The smallest absolute Gasteiger partial charge is 1.00 e. The van der Waals surface area contributed by atoms with Crippen LogP contribution in [0, 0.1) is 34.5 Å². The fourth-order valence-corrected chi connectivity index (χ4v) is 10.4. The van der Waals surface area contributed by atoms with E-state index < -0.39 is 108 Å². The maximum Gasteiger partial charge on any atom is 1.00 e. The van der Waals surface area contributed by atoms with Crippen molar-refractivity contribution >= 4 is 50.2 Å². The molecule has 0 amide bonds. The average molecular weight is 973 g/mol. The van der Waals surface area contributed by atoms with E-state index in [4.69, 9.17) is 18.9 Å². The summed E-state index contributed by atoms with van der Waals surface area (Å²) in [6, 6.07) is 0. The molecular formula is C30H45F6Na3O18S3. The molecule has 0 aliphatic heterocycles. The minimum Gasteiger partial charge on any atom is -1.00 e. The van der Waals surface area contributed by atoms with Crippen molar-refractivity contribution in [3.05, 3.63) is 0 Å². The van der Waals surface area contributed by atoms with Crippen molar-refractivity contribution in [1.29, 1.82) is 0 Å². The maximum atomic E-state index is 13.3. The topological polar surface area (TPSA) is 301 Å². The van der Waals surface area contributed by atoms with Crippen LogP contribution in [0.4, 0.5) is 26.3 Å². The Kier molecular flexibility index (Phi) is 23.0. The molecule has 4 atom stereocenters. The third-order valence-electron chi connectivity index (χ3n) is 10.9. The molecule has 6 N–H and O–H groups in total. The first kappa shape index (κ1) is 60.9. The molecule has 8 rings (SSSR count). The number of carboxylic acid groups (broad SMARTS) is 1. The minimum absolute atomic E-state index is 0. The van der Waals surface area contributed by atoms with Crippen LogP contribution < -0.4 is 93.9 Å². The average Bonchev–Trinajstić information content (AvgIpc) is 3.04. The molecule has 60 heavy (non-hydrogen) atoms. The normalized spacial score (nSPS) is 32.1. The van der Waals surface area contributed by atoms with Crippen LogP contribution in [0.5, 0.6) is 0 Å². The van der Waals surface area contributed by atoms with Gasteiger partial charge in [-0.15, -0.1) is 0 Å². The van der Waals surface area contributed by atoms with E-state index in [0.29, 0.717) is 43.9 Å². The van der Waals surface area contributed by atoms with Gasteiger partial charge in [0, 0.05) is 0 Å². The van der Waals surface area contributed by atoms with Gasteiger partial charge in [0.15, 0.2) is 6.61 Å². The van der Waals surface area contributed by atoms with Gasteiger partial charge in [-0.05, 0) is 108 Å². The van der Waals surface area contributed by atoms with Crippen LogP contribution in [0.2, 0.25) is 0 Å². The van der Waals surface area contributed by atoms with Gasteiger partial charge in [0.1, 0.15) is 18.6 Å². The number of ether oxygens (including phenoxy) is 2. The number of alkyl halides is 6. The zero-order chi connectivity index (χ0) is 43.7. The predicted molar refractivity (Wildman–Crippen MR) is 176 cm³/mol. The van der Waals surface area contributed by atoms with E-state index in [-0.39, 0.29) is 110 Å². The van der Waals surface area contributed by atoms with E-state index in [1.54, 1.807) is 0 Å². The van der Waals surface area contributed by atoms with Crippen LogP contribution in [-0.4, -0.2) is 111 Å². The Labute approximate surface area is 414 Å². The number of rotatable bonds is 12. The van der Waals surface area contributed by atoms with Crippen molar-refractivity contribution in [2.45, 2.75) is 111 Å². The first-order valence-electron chi connectivity index (χ1n) is 17.2. The summed E-state index contributed by atoms with van der Waals surface area (Å²) in [6.07, 6.45) is 8.76. The number of carboxylic acids is 1. The quantitative estimate of drug-likeness (QED) is 0.0202. The largest absolute Gasteiger partial charge is 1.00 e. The summed E-state index contributed by atoms with van der Waals surface area (Å²) in [4.78, 5) is 33.8. The second-order valence-corrected chi connectivity index (χ2v) is 19.6. The third kappa shape index (κ3) is 15.2. The summed E-state index contributed by atoms with van der Waals surface area (Å²) >= 11 is -0.498. The molecular weight excluding hydrogens is 927 g/mol. The van der Waals surface area contributed by atoms with Gasteiger partial charge in [0.25, 0.3) is 0 Å². The molecule has 0 aromatic heterocycles. The SMILES string of the molecule is CCOC(=O)C(F)(F)S(=O)(=O)O.O=C(O)C12CC3CC(CC(O)(C3)C1)C2.O=C(OCC(F)(F)SOO[O-])C12CC3CC(CC(O)(C3)C1)C2.O=S(=O)(O)C(F)(F)CO.[H-].[H-].[Na+].[Na+].[Na+]. The number of esters is 2. The molecule has 0 heterocycles. The summed E-state index contributed by atoms with van der Waals surface area (Å²) in [5, 5.41) is 37.2. The Hall–Kier alpha value is 0.920. The predicted octanol–water partition coefficient (Wildman–Crippen LogP) is -6.55. The van der Waals surface area contributed by atoms with Crippen LogP contribution in [0.1, 0.15) is 86.8 Å². The van der Waals surface area contributed by atoms with Crippen LogP contribution in [0.3, 0.4) is 0 Å². The number of carbonyl (C=O) groups excluding carboxylic acids is 2. The van der Waals surface area contributed by atoms with Crippen molar-refractivity contribution in [3.8, 4) is 0 Å². The van der Waals surface area contributed by atoms with Gasteiger partial charge in [-0.25, -0.2) is 4.79 Å². The number of aliphatic carboxylic acids is 1. The fourth-order valence-electron chi connectivity index (χ4n) is 9.71. The van der Waals surface area contributed by atoms with E-state index in [2.05, 4.69) is 14.1 Å². The second-order valence-electron chi connectivity index (χ2n) is 15.7. The number of aliphatic hydroxyl groups excluding tert-OH is 1. The molecule has 0 radical (unpaired) electrons. The molecule has 0 aromatic rings. The van der Waals surface area contributed by atoms with Crippen molar-refractivity contribution in [2.75, 3.05) is 19.8 Å². The fraction of sp³-hybridized carbons (Fsp3) is 0.900. The van der Waals surface area contributed by atoms with Gasteiger partial charge in [0.2, 0.25) is 0 Å². The van der Waals surface area contributed by atoms with Crippen molar-refractivity contribution < 1.29 is 203 Å². The Bertz CT molecular complexity index is 1700. The standard InChI is InChI=1S/C13H18F2O6S.C11H16O3.C4H6F2O5S.C2H4F2O4S.3Na.2H/c14-13(15,22-21-20-18)7-19-10(16)11-2-8-1-9(3-11)5-12(17,4-8)6-11;12-9(13)10-2-7-1-8(3-10)5-11(14,4-7)6-10;1-2-11-3(7)4(5,6)12(8,9)10;3-2(4,1-5)9(6,7)8;;;;;/h8-9,17-18H,1-7H2;7-8,14H,1-6H2,(H,12,13);2H2,1H3,(H,8,9,10);5H,1H2,(H,6,7,8);;;;;/q;;;;3*+1;2*-1/p-1. The van der Waals surface area contributed by atoms with Gasteiger partial charge in [-0.2, -0.15) is 47.5 Å². The van der Waals surface area contributed by atoms with E-state index in [1.165, 1.54) is 6.92 Å². The summed E-state index contributed by atoms with van der Waals surface area (Å²) in [6.45, 7) is -2.29. The summed E-state index contributed by atoms with van der Waals surface area (Å²) in [5.74, 6) is -2.20. The maximum absolute atomic E-state index is 13.3. The van der Waals surface area contributed by atoms with Gasteiger partial charge < -0.3 is 38.0 Å². The summed E-state index contributed by atoms with van der Waals surface area (Å²) in [5.41, 5.74) is -2.92. The summed E-state index contributed by atoms with van der Waals surface area (Å²) < 4.78 is 140. The van der Waals surface area contributed by atoms with Crippen molar-refractivity contribution in [2.24, 2.45) is 34.5 Å². The number of aliphatic hydroxyl groups is 3. The van der Waals surface area contributed by atoms with Gasteiger partial charge in [0.05, 0.1) is 28.6 Å². The van der Waals surface area contributed by atoms with Crippen LogP contribution in [0.15, 0.2) is 0 Å². The number of hydrogen-bond donors (Lipinski definition) is 6. The van der Waals surface area contributed by atoms with Gasteiger partial charge >= 0.3 is 143 Å². The van der Waals surface area contributed by atoms with Crippen molar-refractivity contribution in [3.63, 3.8) is 0 Å². The molecule has 0 spiro atoms. The monoisotopic (exact) mass is 972 g/mol. The Morgan fingerprint density at radius 2 is 1.15 bits per heavy atom. The molecule has 8 saturated carbocycles. The van der Waals surface area contributed by atoms with Crippen LogP contribution in [0.25, 0.3) is 0 Å². The number of halogens is 6. The summed E-state index contributed by atoms with van der Waals surface area (Å²) in [7, 11) is -11.2. The molecule has 18 nitrogen and oxygen atoms in total. The molecule has 4 unspecified atom stereocenters. The van der Waals surface area contributed by atoms with E-state index in [9.17, 15) is 78.1 Å². The zero-order valence-corrected chi connectivity index (χ0v) is 41.4. The number of carbonyl (C=O) groups is 3. The Morgan fingerprint density at radius 3 is 1.45 bits per heavy atom. The van der Waals surface area contributed by atoms with Crippen molar-refractivity contribution in [1.82, 2.24) is 0 Å². The molecule has 30 heteroatoms. The third-order valence-corrected chi connectivity index (χ3v) is 13.1. The van der Waals surface area contributed by atoms with E-state index in [1.807, 2.05) is 0 Å². The first-order chi connectivity index (χ1) is 25.8. The second kappa shape index (κ2) is 22.6. The molecule has 8 bridgehead atoms. The zero-order valence-electron chi connectivity index (χ0n) is 35.0. The minimum atomic E-state index is -5.73. The van der Waals surface area contributed by atoms with Crippen LogP contribution >= 0.6 is 12.0 Å². The van der Waals surface area contributed by atoms with E-state index in [0.717, 1.165) is 38.5 Å².